The average Bonchev–Trinajstić information content (AvgIpc) is 0. The van der Waals surface area contributed by atoms with E-state index in [1.165, 1.54) is 0 Å². The van der Waals surface area contributed by atoms with Crippen LogP contribution in [0.5, 0.6) is 0 Å². The summed E-state index contributed by atoms with van der Waals surface area (Å²) in [6.07, 6.45) is 0. The van der Waals surface area contributed by atoms with Crippen LogP contribution < -0.4 is 6.15 Å². The van der Waals surface area contributed by atoms with Crippen LogP contribution in [0.4, 0.5) is 0 Å². The van der Waals surface area contributed by atoms with E-state index in [0.29, 0.717) is 0 Å². The van der Waals surface area contributed by atoms with Crippen LogP contribution in [0.2, 0.25) is 0 Å². The molecule has 5 N–H and O–H groups in total. The summed E-state index contributed by atoms with van der Waals surface area (Å²) in [5.74, 6) is 0. The van der Waals surface area contributed by atoms with Gasteiger partial charge in [0.1, 0.15) is 0 Å². The first-order valence-corrected chi connectivity index (χ1v) is 0. The minimum absolute atomic E-state index is 0. The second-order valence-corrected chi connectivity index (χ2v) is 0. The van der Waals surface area contributed by atoms with Crippen LogP contribution in [0, 0.1) is 0 Å². The van der Waals surface area contributed by atoms with Crippen LogP contribution in [0.3, 0.4) is 0 Å². The monoisotopic (exact) mass is 115 g/mol. The van der Waals surface area contributed by atoms with Crippen molar-refractivity contribution in [1.82, 2.24) is 6.15 Å². The van der Waals surface area contributed by atoms with Crippen molar-refractivity contribution in [3.8, 4) is 0 Å². The third kappa shape index (κ3) is 96.7. The molecule has 0 heterocycles. The van der Waals surface area contributed by atoms with E-state index in [4.69, 9.17) is 0 Å². The standard InChI is InChI=1S/H3N.2H2O.O.Ti/h1H3;2*1H2;;/q;;;-2;+4/p-2. The predicted molar refractivity (Wildman–Crippen MR) is 9.58 cm³/mol. The smallest absolute Gasteiger partial charge is 2.00 e. The zero-order chi connectivity index (χ0) is 0. The predicted octanol–water partition coefficient (Wildman–Crippen LogP) is -0.313. The van der Waals surface area contributed by atoms with Crippen molar-refractivity contribution in [2.75, 3.05) is 0 Å². The maximum atomic E-state index is 0. The molecule has 32 valence electrons. The third-order valence-corrected chi connectivity index (χ3v) is 0. The first-order valence-electron chi connectivity index (χ1n) is 0. The molecule has 0 rings (SSSR count). The van der Waals surface area contributed by atoms with Gasteiger partial charge < -0.3 is 22.6 Å². The first-order chi connectivity index (χ1) is 0. The molecule has 0 bridgehead atoms. The van der Waals surface area contributed by atoms with Gasteiger partial charge >= 0.3 is 21.7 Å². The fourth-order valence-electron chi connectivity index (χ4n) is 0. The molecule has 0 saturated carbocycles. The van der Waals surface area contributed by atoms with Crippen molar-refractivity contribution in [3.63, 3.8) is 0 Å². The molecule has 0 aliphatic heterocycles. The molecule has 0 unspecified atom stereocenters. The molecule has 0 saturated heterocycles. The van der Waals surface area contributed by atoms with Gasteiger partial charge in [-0.2, -0.15) is 0 Å². The molecular formula is H5NO3Ti. The summed E-state index contributed by atoms with van der Waals surface area (Å²) in [4.78, 5) is 0. The molecule has 5 heavy (non-hydrogen) atoms. The van der Waals surface area contributed by atoms with Crippen LogP contribution in [0.15, 0.2) is 0 Å². The Bertz CT molecular complexity index is 6.85. The van der Waals surface area contributed by atoms with Gasteiger partial charge in [-0.25, -0.2) is 0 Å². The second-order valence-electron chi connectivity index (χ2n) is 0. The Labute approximate surface area is 45.0 Å². The molecule has 0 aromatic heterocycles. The molecule has 0 aliphatic carbocycles. The van der Waals surface area contributed by atoms with Gasteiger partial charge in [0.2, 0.25) is 0 Å². The minimum Gasteiger partial charge on any atom is -2.00 e. The molecule has 0 aromatic rings. The van der Waals surface area contributed by atoms with Gasteiger partial charge in [0.05, 0.1) is 0 Å². The number of rotatable bonds is 0. The number of hydrogen-bond acceptors (Lipinski definition) is 3. The van der Waals surface area contributed by atoms with Crippen LogP contribution in [0.1, 0.15) is 0 Å². The van der Waals surface area contributed by atoms with E-state index in [0.717, 1.165) is 0 Å². The van der Waals surface area contributed by atoms with Gasteiger partial charge in [-0.05, 0) is 0 Å². The van der Waals surface area contributed by atoms with Crippen LogP contribution in [-0.2, 0) is 27.2 Å². The van der Waals surface area contributed by atoms with E-state index in [1.807, 2.05) is 0 Å². The Morgan fingerprint density at radius 3 is 0.800 bits per heavy atom. The molecule has 0 fully saturated rings. The molecule has 0 aliphatic rings. The summed E-state index contributed by atoms with van der Waals surface area (Å²) >= 11 is 0. The van der Waals surface area contributed by atoms with Gasteiger partial charge in [-0.3, -0.25) is 0 Å². The molecule has 4 nitrogen and oxygen atoms in total. The van der Waals surface area contributed by atoms with Crippen LogP contribution >= 0.6 is 0 Å². The van der Waals surface area contributed by atoms with E-state index in [9.17, 15) is 0 Å². The maximum Gasteiger partial charge on any atom is 4.00 e. The van der Waals surface area contributed by atoms with Crippen molar-refractivity contribution >= 4 is 0 Å². The molecule has 0 aromatic carbocycles. The van der Waals surface area contributed by atoms with Crippen molar-refractivity contribution in [2.45, 2.75) is 0 Å². The second kappa shape index (κ2) is 187. The summed E-state index contributed by atoms with van der Waals surface area (Å²) < 4.78 is 0. The van der Waals surface area contributed by atoms with E-state index < -0.39 is 0 Å². The summed E-state index contributed by atoms with van der Waals surface area (Å²) in [6.45, 7) is 0. The van der Waals surface area contributed by atoms with Gasteiger partial charge in [-0.15, -0.1) is 0 Å². The van der Waals surface area contributed by atoms with Crippen molar-refractivity contribution in [3.05, 3.63) is 0 Å². The van der Waals surface area contributed by atoms with E-state index in [-0.39, 0.29) is 44.3 Å². The van der Waals surface area contributed by atoms with Crippen LogP contribution in [0.25, 0.3) is 0 Å². The molecule has 0 radical (unpaired) electrons. The molecular weight excluding hydrogens is 110 g/mol. The minimum atomic E-state index is 0. The zero-order valence-electron chi connectivity index (χ0n) is 2.51. The van der Waals surface area contributed by atoms with Gasteiger partial charge in [-0.1, -0.05) is 0 Å². The normalized spacial score (nSPS) is 0. The van der Waals surface area contributed by atoms with Gasteiger partial charge in [0.25, 0.3) is 0 Å². The zero-order valence-corrected chi connectivity index (χ0v) is 4.07. The Hall–Kier alpha value is 0.554. The first kappa shape index (κ1) is 375. The SMILES string of the molecule is N.[O-2].[OH-].[OH-].[Ti+4]. The molecule has 5 heteroatoms. The fourth-order valence-corrected chi connectivity index (χ4v) is 0. The quantitative estimate of drug-likeness (QED) is 0.435. The Morgan fingerprint density at radius 2 is 0.800 bits per heavy atom. The van der Waals surface area contributed by atoms with Gasteiger partial charge in [0.15, 0.2) is 0 Å². The van der Waals surface area contributed by atoms with E-state index in [1.54, 1.807) is 0 Å². The average molecular weight is 115 g/mol. The number of hydrogen-bond donors (Lipinski definition) is 1. The largest absolute Gasteiger partial charge is 4.00 e. The third-order valence-electron chi connectivity index (χ3n) is 0. The maximum absolute atomic E-state index is 0. The Morgan fingerprint density at radius 1 is 0.800 bits per heavy atom. The van der Waals surface area contributed by atoms with Crippen molar-refractivity contribution in [2.24, 2.45) is 0 Å². The van der Waals surface area contributed by atoms with Gasteiger partial charge in [0, 0.05) is 0 Å². The Kier molecular flexibility index (Phi) is 14000. The van der Waals surface area contributed by atoms with Crippen molar-refractivity contribution < 1.29 is 38.1 Å². The summed E-state index contributed by atoms with van der Waals surface area (Å²) in [7, 11) is 0. The topological polar surface area (TPSA) is 124 Å². The molecule has 0 spiro atoms. The van der Waals surface area contributed by atoms with Crippen molar-refractivity contribution in [1.29, 1.82) is 0 Å². The van der Waals surface area contributed by atoms with Crippen LogP contribution in [-0.4, -0.2) is 11.0 Å². The Balaban J connectivity index is 0. The summed E-state index contributed by atoms with van der Waals surface area (Å²) in [5, 5.41) is 0. The molecule has 0 atom stereocenters. The summed E-state index contributed by atoms with van der Waals surface area (Å²) in [6, 6.07) is 0. The molecule has 0 amide bonds. The van der Waals surface area contributed by atoms with E-state index >= 15 is 0 Å². The van der Waals surface area contributed by atoms with E-state index in [2.05, 4.69) is 0 Å². The summed E-state index contributed by atoms with van der Waals surface area (Å²) in [5.41, 5.74) is 0. The fraction of sp³-hybridized carbons (Fsp3) is 0.